The molecule has 0 fully saturated rings. The number of aromatic nitrogens is 1. The van der Waals surface area contributed by atoms with Crippen molar-refractivity contribution in [1.82, 2.24) is 4.57 Å². The third-order valence-corrected chi connectivity index (χ3v) is 2.76. The number of hydrogen-bond donors (Lipinski definition) is 0. The van der Waals surface area contributed by atoms with Gasteiger partial charge in [0.05, 0.1) is 18.1 Å². The quantitative estimate of drug-likeness (QED) is 0.800. The maximum Gasteiger partial charge on any atom is 0.454 e. The molecule has 0 amide bonds. The molecule has 1 aromatic heterocycles. The van der Waals surface area contributed by atoms with Crippen molar-refractivity contribution in [3.8, 4) is 6.07 Å². The lowest BCUT2D eigenvalue weighted by atomic mass is 10.1. The van der Waals surface area contributed by atoms with Crippen molar-refractivity contribution in [3.63, 3.8) is 0 Å². The number of halogens is 3. The summed E-state index contributed by atoms with van der Waals surface area (Å²) in [5.74, 6) is -1.86. The van der Waals surface area contributed by atoms with E-state index in [0.717, 1.165) is 6.20 Å². The summed E-state index contributed by atoms with van der Waals surface area (Å²) in [7, 11) is 0. The van der Waals surface area contributed by atoms with Crippen LogP contribution in [0, 0.1) is 11.3 Å². The van der Waals surface area contributed by atoms with Crippen molar-refractivity contribution in [2.45, 2.75) is 19.1 Å². The molecular formula is C13H9F3N2O. The van der Waals surface area contributed by atoms with Gasteiger partial charge in [-0.3, -0.25) is 4.79 Å². The van der Waals surface area contributed by atoms with Gasteiger partial charge >= 0.3 is 6.18 Å². The summed E-state index contributed by atoms with van der Waals surface area (Å²) >= 11 is 0. The minimum absolute atomic E-state index is 0.165. The van der Waals surface area contributed by atoms with Gasteiger partial charge in [-0.15, -0.1) is 0 Å². The van der Waals surface area contributed by atoms with Crippen molar-refractivity contribution in [2.24, 2.45) is 0 Å². The van der Waals surface area contributed by atoms with Crippen LogP contribution in [0.25, 0.3) is 10.9 Å². The number of nitrogens with zero attached hydrogens (tertiary/aromatic N) is 2. The Morgan fingerprint density at radius 2 is 2.00 bits per heavy atom. The summed E-state index contributed by atoms with van der Waals surface area (Å²) in [6.07, 6.45) is -3.57. The Morgan fingerprint density at radius 1 is 1.32 bits per heavy atom. The average molecular weight is 266 g/mol. The highest BCUT2D eigenvalue weighted by Crippen LogP contribution is 2.28. The third-order valence-electron chi connectivity index (χ3n) is 2.76. The number of benzene rings is 1. The largest absolute Gasteiger partial charge is 0.454 e. The second kappa shape index (κ2) is 4.76. The molecule has 0 atom stereocenters. The predicted octanol–water partition coefficient (Wildman–Crippen LogP) is 3.30. The summed E-state index contributed by atoms with van der Waals surface area (Å²) in [6, 6.07) is 8.26. The monoisotopic (exact) mass is 266 g/mol. The molecule has 2 aromatic rings. The van der Waals surface area contributed by atoms with Gasteiger partial charge in [0.2, 0.25) is 0 Å². The number of carbonyl (C=O) groups excluding carboxylic acids is 1. The molecule has 0 aliphatic rings. The van der Waals surface area contributed by atoms with Crippen LogP contribution in [-0.4, -0.2) is 16.5 Å². The van der Waals surface area contributed by atoms with Gasteiger partial charge in [-0.05, 0) is 6.07 Å². The molecule has 2 rings (SSSR count). The number of carbonyl (C=O) groups is 1. The molecule has 0 saturated heterocycles. The van der Waals surface area contributed by atoms with Crippen LogP contribution in [0.2, 0.25) is 0 Å². The van der Waals surface area contributed by atoms with E-state index < -0.39 is 12.0 Å². The average Bonchev–Trinajstić information content (AvgIpc) is 2.73. The van der Waals surface area contributed by atoms with Crippen LogP contribution < -0.4 is 0 Å². The number of para-hydroxylation sites is 1. The molecule has 0 radical (unpaired) electrons. The van der Waals surface area contributed by atoms with Crippen LogP contribution >= 0.6 is 0 Å². The molecule has 6 heteroatoms. The lowest BCUT2D eigenvalue weighted by molar-refractivity contribution is -0.0884. The number of hydrogen-bond acceptors (Lipinski definition) is 2. The molecule has 0 unspecified atom stereocenters. The molecule has 1 heterocycles. The van der Waals surface area contributed by atoms with Gasteiger partial charge in [0.15, 0.2) is 0 Å². The van der Waals surface area contributed by atoms with Gasteiger partial charge in [-0.25, -0.2) is 0 Å². The van der Waals surface area contributed by atoms with Crippen LogP contribution in [-0.2, 0) is 6.54 Å². The first-order valence-electron chi connectivity index (χ1n) is 5.51. The fourth-order valence-corrected chi connectivity index (χ4v) is 1.94. The number of alkyl halides is 3. The van der Waals surface area contributed by atoms with E-state index in [1.54, 1.807) is 18.2 Å². The first-order chi connectivity index (χ1) is 8.95. The molecule has 0 spiro atoms. The molecule has 0 aliphatic carbocycles. The second-order valence-corrected chi connectivity index (χ2v) is 3.99. The first kappa shape index (κ1) is 13.1. The minimum atomic E-state index is -4.90. The van der Waals surface area contributed by atoms with Crippen LogP contribution in [0.5, 0.6) is 0 Å². The van der Waals surface area contributed by atoms with E-state index in [0.29, 0.717) is 5.52 Å². The Balaban J connectivity index is 2.57. The number of ketones is 1. The number of rotatable bonds is 3. The molecule has 0 bridgehead atoms. The van der Waals surface area contributed by atoms with Crippen molar-refractivity contribution >= 4 is 16.7 Å². The topological polar surface area (TPSA) is 45.8 Å². The standard InChI is InChI=1S/C13H9F3N2O/c14-13(15,16)12(19)10-8-18(7-3-6-17)11-5-2-1-4-9(10)11/h1-2,4-5,8H,3,7H2. The Kier molecular flexibility index (Phi) is 3.30. The van der Waals surface area contributed by atoms with Crippen molar-refractivity contribution in [2.75, 3.05) is 0 Å². The molecule has 3 nitrogen and oxygen atoms in total. The van der Waals surface area contributed by atoms with E-state index in [4.69, 9.17) is 5.26 Å². The molecule has 1 aromatic carbocycles. The maximum atomic E-state index is 12.5. The van der Waals surface area contributed by atoms with Gasteiger partial charge in [0.25, 0.3) is 5.78 Å². The Hall–Kier alpha value is -2.29. The van der Waals surface area contributed by atoms with Gasteiger partial charge in [-0.1, -0.05) is 18.2 Å². The Bertz CT molecular complexity index is 665. The SMILES string of the molecule is N#CCCn1cc(C(=O)C(F)(F)F)c2ccccc21. The van der Waals surface area contributed by atoms with E-state index >= 15 is 0 Å². The maximum absolute atomic E-state index is 12.5. The minimum Gasteiger partial charge on any atom is -0.346 e. The van der Waals surface area contributed by atoms with Gasteiger partial charge in [-0.2, -0.15) is 18.4 Å². The lowest BCUT2D eigenvalue weighted by Gasteiger charge is -2.02. The zero-order chi connectivity index (χ0) is 14.0. The van der Waals surface area contributed by atoms with Crippen molar-refractivity contribution in [1.29, 1.82) is 5.26 Å². The third kappa shape index (κ3) is 2.45. The smallest absolute Gasteiger partial charge is 0.346 e. The zero-order valence-corrected chi connectivity index (χ0v) is 9.74. The normalized spacial score (nSPS) is 11.5. The van der Waals surface area contributed by atoms with E-state index in [1.165, 1.54) is 10.6 Å². The summed E-state index contributed by atoms with van der Waals surface area (Å²) in [4.78, 5) is 11.4. The van der Waals surface area contributed by atoms with Gasteiger partial charge < -0.3 is 4.57 Å². The van der Waals surface area contributed by atoms with Gasteiger partial charge in [0.1, 0.15) is 0 Å². The van der Waals surface area contributed by atoms with Crippen LogP contribution in [0.15, 0.2) is 30.5 Å². The molecule has 0 aliphatic heterocycles. The Morgan fingerprint density at radius 3 is 2.63 bits per heavy atom. The van der Waals surface area contributed by atoms with Crippen LogP contribution in [0.3, 0.4) is 0 Å². The lowest BCUT2D eigenvalue weighted by Crippen LogP contribution is -2.22. The molecule has 98 valence electrons. The van der Waals surface area contributed by atoms with Crippen LogP contribution in [0.1, 0.15) is 16.8 Å². The fourth-order valence-electron chi connectivity index (χ4n) is 1.94. The van der Waals surface area contributed by atoms with Crippen LogP contribution in [0.4, 0.5) is 13.2 Å². The summed E-state index contributed by atoms with van der Waals surface area (Å²) in [6.45, 7) is 0.252. The van der Waals surface area contributed by atoms with Gasteiger partial charge in [0, 0.05) is 23.6 Å². The fraction of sp³-hybridized carbons (Fsp3) is 0.231. The number of nitriles is 1. The van der Waals surface area contributed by atoms with Crippen molar-refractivity contribution < 1.29 is 18.0 Å². The van der Waals surface area contributed by atoms with E-state index in [9.17, 15) is 18.0 Å². The highest BCUT2D eigenvalue weighted by atomic mass is 19.4. The second-order valence-electron chi connectivity index (χ2n) is 3.99. The summed E-state index contributed by atoms with van der Waals surface area (Å²) < 4.78 is 39.0. The highest BCUT2D eigenvalue weighted by molar-refractivity contribution is 6.10. The molecule has 0 saturated carbocycles. The summed E-state index contributed by atoms with van der Waals surface area (Å²) in [5, 5.41) is 8.79. The number of Topliss-reactive ketones (excluding diaryl/α,β-unsaturated/α-hetero) is 1. The molecule has 19 heavy (non-hydrogen) atoms. The van der Waals surface area contributed by atoms with E-state index in [-0.39, 0.29) is 23.9 Å². The highest BCUT2D eigenvalue weighted by Gasteiger charge is 2.40. The molecular weight excluding hydrogens is 257 g/mol. The molecule has 0 N–H and O–H groups in total. The number of fused-ring (bicyclic) bond motifs is 1. The van der Waals surface area contributed by atoms with E-state index in [1.807, 2.05) is 6.07 Å². The summed E-state index contributed by atoms with van der Waals surface area (Å²) in [5.41, 5.74) is 0.145. The first-order valence-corrected chi connectivity index (χ1v) is 5.51. The zero-order valence-electron chi connectivity index (χ0n) is 9.74. The predicted molar refractivity (Wildman–Crippen MR) is 62.6 cm³/mol. The van der Waals surface area contributed by atoms with Crippen molar-refractivity contribution in [3.05, 3.63) is 36.0 Å². The Labute approximate surface area is 106 Å². The number of aryl methyl sites for hydroxylation is 1. The van der Waals surface area contributed by atoms with E-state index in [2.05, 4.69) is 0 Å².